The number of benzene rings is 1. The number of H-pyrrole nitrogens is 1. The van der Waals surface area contributed by atoms with Gasteiger partial charge in [0.2, 0.25) is 5.91 Å². The molecular weight excluding hydrogens is 446 g/mol. The highest BCUT2D eigenvalue weighted by atomic mass is 16.5. The number of urea groups is 1. The van der Waals surface area contributed by atoms with E-state index in [4.69, 9.17) is 4.74 Å². The van der Waals surface area contributed by atoms with Crippen molar-refractivity contribution in [1.82, 2.24) is 25.7 Å². The molecule has 3 amide bonds. The van der Waals surface area contributed by atoms with Gasteiger partial charge in [-0.3, -0.25) is 9.89 Å². The van der Waals surface area contributed by atoms with E-state index in [1.165, 1.54) is 7.11 Å². The molecule has 1 unspecified atom stereocenters. The standard InChI is InChI=1S/C26H35N5O4/c1-4-5-6-7-10-27-23(32)16-19-8-11-31(12-9-19)26(34)29-22(25(33)35-3)15-20-13-18(2)24-21(14-20)17-28-30-24/h4-7,13-14,17,19,22H,8-12,15-16H2,1-3H3,(H,27,32)(H,28,30)(H,29,34)/b5-4-,7-6-. The smallest absolute Gasteiger partial charge is 0.328 e. The van der Waals surface area contributed by atoms with Crippen LogP contribution >= 0.6 is 0 Å². The number of methoxy groups -OCH3 is 1. The molecule has 2 aromatic rings. The second kappa shape index (κ2) is 12.7. The van der Waals surface area contributed by atoms with Gasteiger partial charge in [0.25, 0.3) is 0 Å². The molecule has 0 saturated carbocycles. The quantitative estimate of drug-likeness (QED) is 0.376. The molecule has 35 heavy (non-hydrogen) atoms. The largest absolute Gasteiger partial charge is 0.467 e. The highest BCUT2D eigenvalue weighted by Crippen LogP contribution is 2.22. The Labute approximate surface area is 206 Å². The zero-order chi connectivity index (χ0) is 25.2. The van der Waals surface area contributed by atoms with Crippen molar-refractivity contribution in [2.45, 2.75) is 45.6 Å². The summed E-state index contributed by atoms with van der Waals surface area (Å²) < 4.78 is 4.95. The molecule has 9 nitrogen and oxygen atoms in total. The number of aromatic amines is 1. The lowest BCUT2D eigenvalue weighted by molar-refractivity contribution is -0.142. The average Bonchev–Trinajstić information content (AvgIpc) is 3.33. The molecule has 0 aliphatic carbocycles. The number of hydrogen-bond acceptors (Lipinski definition) is 5. The molecule has 3 N–H and O–H groups in total. The van der Waals surface area contributed by atoms with Crippen LogP contribution in [0.15, 0.2) is 42.6 Å². The minimum atomic E-state index is -0.796. The first-order chi connectivity index (χ1) is 16.9. The fraction of sp³-hybridized carbons (Fsp3) is 0.462. The summed E-state index contributed by atoms with van der Waals surface area (Å²) in [6, 6.07) is 2.85. The van der Waals surface area contributed by atoms with E-state index in [1.807, 2.05) is 50.3 Å². The van der Waals surface area contributed by atoms with Crippen molar-refractivity contribution in [2.24, 2.45) is 5.92 Å². The molecule has 0 spiro atoms. The van der Waals surface area contributed by atoms with Crippen LogP contribution in [0.1, 0.15) is 37.3 Å². The Morgan fingerprint density at radius 2 is 2.03 bits per heavy atom. The lowest BCUT2D eigenvalue weighted by Gasteiger charge is -2.32. The number of esters is 1. The third-order valence-electron chi connectivity index (χ3n) is 6.26. The van der Waals surface area contributed by atoms with Gasteiger partial charge >= 0.3 is 12.0 Å². The van der Waals surface area contributed by atoms with Gasteiger partial charge in [0, 0.05) is 37.9 Å². The number of fused-ring (bicyclic) bond motifs is 1. The van der Waals surface area contributed by atoms with E-state index in [1.54, 1.807) is 11.1 Å². The van der Waals surface area contributed by atoms with E-state index < -0.39 is 12.0 Å². The molecule has 1 aliphatic heterocycles. The van der Waals surface area contributed by atoms with E-state index >= 15 is 0 Å². The molecule has 1 fully saturated rings. The highest BCUT2D eigenvalue weighted by molar-refractivity contribution is 5.85. The highest BCUT2D eigenvalue weighted by Gasteiger charge is 2.28. The molecule has 0 bridgehead atoms. The van der Waals surface area contributed by atoms with Crippen LogP contribution < -0.4 is 10.6 Å². The predicted molar refractivity (Wildman–Crippen MR) is 135 cm³/mol. The Kier molecular flexibility index (Phi) is 9.46. The second-order valence-corrected chi connectivity index (χ2v) is 8.87. The number of likely N-dealkylation sites (tertiary alicyclic amines) is 1. The number of piperidine rings is 1. The number of hydrogen-bond donors (Lipinski definition) is 3. The molecule has 0 radical (unpaired) electrons. The Hall–Kier alpha value is -3.62. The van der Waals surface area contributed by atoms with Gasteiger partial charge in [0.15, 0.2) is 0 Å². The monoisotopic (exact) mass is 481 g/mol. The van der Waals surface area contributed by atoms with Gasteiger partial charge in [-0.05, 0) is 49.8 Å². The van der Waals surface area contributed by atoms with E-state index in [0.29, 0.717) is 32.5 Å². The minimum absolute atomic E-state index is 0.0219. The van der Waals surface area contributed by atoms with Crippen LogP contribution in [0, 0.1) is 12.8 Å². The van der Waals surface area contributed by atoms with Crippen LogP contribution in [0.2, 0.25) is 0 Å². The second-order valence-electron chi connectivity index (χ2n) is 8.87. The first-order valence-electron chi connectivity index (χ1n) is 12.0. The number of carbonyl (C=O) groups excluding carboxylic acids is 3. The van der Waals surface area contributed by atoms with Crippen molar-refractivity contribution in [1.29, 1.82) is 0 Å². The summed E-state index contributed by atoms with van der Waals surface area (Å²) in [6.07, 6.45) is 11.6. The summed E-state index contributed by atoms with van der Waals surface area (Å²) in [7, 11) is 1.32. The number of amides is 3. The molecule has 1 aromatic carbocycles. The van der Waals surface area contributed by atoms with Crippen molar-refractivity contribution in [3.05, 3.63) is 53.8 Å². The minimum Gasteiger partial charge on any atom is -0.467 e. The van der Waals surface area contributed by atoms with E-state index in [9.17, 15) is 14.4 Å². The number of allylic oxidation sites excluding steroid dienone is 3. The number of nitrogens with zero attached hydrogens (tertiary/aromatic N) is 2. The summed E-state index contributed by atoms with van der Waals surface area (Å²) in [5.74, 6) is -0.230. The molecule has 1 saturated heterocycles. The molecule has 188 valence electrons. The van der Waals surface area contributed by atoms with Gasteiger partial charge in [0.1, 0.15) is 6.04 Å². The third kappa shape index (κ3) is 7.43. The topological polar surface area (TPSA) is 116 Å². The maximum absolute atomic E-state index is 12.9. The zero-order valence-electron chi connectivity index (χ0n) is 20.7. The van der Waals surface area contributed by atoms with Crippen LogP contribution in [-0.2, 0) is 20.7 Å². The van der Waals surface area contributed by atoms with Crippen LogP contribution in [0.25, 0.3) is 10.9 Å². The molecule has 9 heteroatoms. The van der Waals surface area contributed by atoms with Crippen molar-refractivity contribution in [2.75, 3.05) is 26.7 Å². The van der Waals surface area contributed by atoms with Crippen LogP contribution in [-0.4, -0.2) is 65.8 Å². The van der Waals surface area contributed by atoms with Gasteiger partial charge < -0.3 is 20.3 Å². The van der Waals surface area contributed by atoms with Crippen LogP contribution in [0.5, 0.6) is 0 Å². The van der Waals surface area contributed by atoms with E-state index in [-0.39, 0.29) is 17.9 Å². The van der Waals surface area contributed by atoms with Crippen molar-refractivity contribution in [3.63, 3.8) is 0 Å². The maximum atomic E-state index is 12.9. The summed E-state index contributed by atoms with van der Waals surface area (Å²) in [6.45, 7) is 5.50. The molecule has 3 rings (SSSR count). The van der Waals surface area contributed by atoms with Crippen LogP contribution in [0.3, 0.4) is 0 Å². The normalized spacial score (nSPS) is 15.6. The lowest BCUT2D eigenvalue weighted by Crippen LogP contribution is -2.51. The molecule has 2 heterocycles. The first-order valence-corrected chi connectivity index (χ1v) is 12.0. The summed E-state index contributed by atoms with van der Waals surface area (Å²) in [4.78, 5) is 39.2. The van der Waals surface area contributed by atoms with E-state index in [2.05, 4.69) is 20.8 Å². The third-order valence-corrected chi connectivity index (χ3v) is 6.26. The number of aromatic nitrogens is 2. The van der Waals surface area contributed by atoms with Gasteiger partial charge in [-0.1, -0.05) is 30.4 Å². The SMILES string of the molecule is C/C=C\C=C/CNC(=O)CC1CCN(C(=O)NC(Cc2cc(C)c3[nH]ncc3c2)C(=O)OC)CC1. The number of rotatable bonds is 9. The number of ether oxygens (including phenoxy) is 1. The fourth-order valence-corrected chi connectivity index (χ4v) is 4.35. The molecular formula is C26H35N5O4. The van der Waals surface area contributed by atoms with Gasteiger partial charge in [0.05, 0.1) is 18.8 Å². The van der Waals surface area contributed by atoms with Crippen molar-refractivity contribution >= 4 is 28.8 Å². The predicted octanol–water partition coefficient (Wildman–Crippen LogP) is 3.02. The first kappa shape index (κ1) is 26.0. The van der Waals surface area contributed by atoms with Crippen molar-refractivity contribution in [3.8, 4) is 0 Å². The zero-order valence-corrected chi connectivity index (χ0v) is 20.7. The fourth-order valence-electron chi connectivity index (χ4n) is 4.35. The summed E-state index contributed by atoms with van der Waals surface area (Å²) in [5, 5.41) is 13.7. The maximum Gasteiger partial charge on any atom is 0.328 e. The molecule has 1 atom stereocenters. The number of nitrogens with one attached hydrogen (secondary N) is 3. The van der Waals surface area contributed by atoms with Gasteiger partial charge in [-0.15, -0.1) is 0 Å². The Bertz CT molecular complexity index is 1080. The summed E-state index contributed by atoms with van der Waals surface area (Å²) >= 11 is 0. The van der Waals surface area contributed by atoms with E-state index in [0.717, 1.165) is 34.9 Å². The Morgan fingerprint density at radius 1 is 1.26 bits per heavy atom. The molecule has 1 aromatic heterocycles. The summed E-state index contributed by atoms with van der Waals surface area (Å²) in [5.41, 5.74) is 2.89. The average molecular weight is 482 g/mol. The number of aryl methyl sites for hydroxylation is 1. The van der Waals surface area contributed by atoms with Gasteiger partial charge in [-0.2, -0.15) is 5.10 Å². The van der Waals surface area contributed by atoms with Crippen molar-refractivity contribution < 1.29 is 19.1 Å². The number of carbonyl (C=O) groups is 3. The van der Waals surface area contributed by atoms with Gasteiger partial charge in [-0.25, -0.2) is 9.59 Å². The Balaban J connectivity index is 1.50. The van der Waals surface area contributed by atoms with Crippen LogP contribution in [0.4, 0.5) is 4.79 Å². The lowest BCUT2D eigenvalue weighted by atomic mass is 9.93. The Morgan fingerprint density at radius 3 is 2.74 bits per heavy atom. The molecule has 1 aliphatic rings.